The Kier molecular flexibility index (Phi) is 5.77. The van der Waals surface area contributed by atoms with Gasteiger partial charge in [0, 0.05) is 6.07 Å². The molecule has 19 heavy (non-hydrogen) atoms. The molecule has 1 rings (SSSR count). The van der Waals surface area contributed by atoms with Crippen LogP contribution in [0.5, 0.6) is 5.88 Å². The smallest absolute Gasteiger partial charge is 0.407 e. The average Bonchev–Trinajstić information content (AvgIpc) is 2.27. The van der Waals surface area contributed by atoms with Gasteiger partial charge in [0.25, 0.3) is 0 Å². The normalized spacial score (nSPS) is 11.0. The third kappa shape index (κ3) is 6.55. The summed E-state index contributed by atoms with van der Waals surface area (Å²) in [6.07, 6.45) is -0.516. The van der Waals surface area contributed by atoms with Crippen molar-refractivity contribution < 1.29 is 18.7 Å². The summed E-state index contributed by atoms with van der Waals surface area (Å²) in [4.78, 5) is 14.9. The Morgan fingerprint density at radius 1 is 1.47 bits per heavy atom. The number of nitrogens with one attached hydrogen (secondary N) is 1. The first-order valence-electron chi connectivity index (χ1n) is 5.69. The lowest BCUT2D eigenvalue weighted by Crippen LogP contribution is -2.34. The van der Waals surface area contributed by atoms with E-state index in [1.165, 1.54) is 0 Å². The summed E-state index contributed by atoms with van der Waals surface area (Å²) in [7, 11) is 0. The van der Waals surface area contributed by atoms with Crippen LogP contribution in [0.25, 0.3) is 0 Å². The van der Waals surface area contributed by atoms with Crippen LogP contribution in [0.1, 0.15) is 20.8 Å². The minimum Gasteiger partial charge on any atom is -0.476 e. The highest BCUT2D eigenvalue weighted by molar-refractivity contribution is 14.1. The summed E-state index contributed by atoms with van der Waals surface area (Å²) in [6, 6.07) is 3.14. The van der Waals surface area contributed by atoms with Gasteiger partial charge in [-0.25, -0.2) is 4.79 Å². The minimum atomic E-state index is -0.571. The molecule has 1 amide bonds. The van der Waals surface area contributed by atoms with E-state index < -0.39 is 17.6 Å². The molecule has 0 aliphatic rings. The Morgan fingerprint density at radius 3 is 2.74 bits per heavy atom. The molecular formula is C12H16FIN2O3. The molecule has 0 unspecified atom stereocenters. The molecule has 0 spiro atoms. The van der Waals surface area contributed by atoms with Crippen LogP contribution in [0.15, 0.2) is 12.1 Å². The van der Waals surface area contributed by atoms with Gasteiger partial charge in [-0.1, -0.05) is 0 Å². The second kappa shape index (κ2) is 6.88. The summed E-state index contributed by atoms with van der Waals surface area (Å²) in [5, 5.41) is 2.53. The van der Waals surface area contributed by atoms with Crippen LogP contribution in [-0.4, -0.2) is 29.8 Å². The highest BCUT2D eigenvalue weighted by atomic mass is 127. The molecule has 0 saturated heterocycles. The predicted octanol–water partition coefficient (Wildman–Crippen LogP) is 2.73. The number of hydrogen-bond donors (Lipinski definition) is 1. The number of amides is 1. The quantitative estimate of drug-likeness (QED) is 0.494. The SMILES string of the molecule is CC(C)(C)OC(=O)NCCOc1ccc(I)c(F)n1. The van der Waals surface area contributed by atoms with Gasteiger partial charge < -0.3 is 14.8 Å². The van der Waals surface area contributed by atoms with E-state index in [4.69, 9.17) is 9.47 Å². The highest BCUT2D eigenvalue weighted by Crippen LogP contribution is 2.13. The van der Waals surface area contributed by atoms with Crippen LogP contribution in [0, 0.1) is 9.52 Å². The van der Waals surface area contributed by atoms with Crippen LogP contribution in [0.4, 0.5) is 9.18 Å². The number of alkyl carbamates (subject to hydrolysis) is 1. The van der Waals surface area contributed by atoms with E-state index in [0.717, 1.165) is 0 Å². The van der Waals surface area contributed by atoms with Gasteiger partial charge in [-0.05, 0) is 49.4 Å². The number of carbonyl (C=O) groups excluding carboxylic acids is 1. The van der Waals surface area contributed by atoms with Crippen molar-refractivity contribution in [2.75, 3.05) is 13.2 Å². The van der Waals surface area contributed by atoms with Gasteiger partial charge in [-0.2, -0.15) is 9.37 Å². The fourth-order valence-electron chi connectivity index (χ4n) is 1.10. The number of rotatable bonds is 4. The first kappa shape index (κ1) is 15.9. The van der Waals surface area contributed by atoms with Crippen molar-refractivity contribution in [1.29, 1.82) is 0 Å². The lowest BCUT2D eigenvalue weighted by Gasteiger charge is -2.19. The van der Waals surface area contributed by atoms with Crippen LogP contribution in [0.3, 0.4) is 0 Å². The van der Waals surface area contributed by atoms with Crippen LogP contribution < -0.4 is 10.1 Å². The summed E-state index contributed by atoms with van der Waals surface area (Å²) in [5.74, 6) is -0.387. The van der Waals surface area contributed by atoms with E-state index >= 15 is 0 Å². The number of ether oxygens (including phenoxy) is 2. The van der Waals surface area contributed by atoms with E-state index in [1.54, 1.807) is 32.9 Å². The van der Waals surface area contributed by atoms with Crippen molar-refractivity contribution >= 4 is 28.7 Å². The van der Waals surface area contributed by atoms with Gasteiger partial charge >= 0.3 is 6.09 Å². The van der Waals surface area contributed by atoms with E-state index in [2.05, 4.69) is 10.3 Å². The molecular weight excluding hydrogens is 366 g/mol. The number of aromatic nitrogens is 1. The molecule has 106 valence electrons. The lowest BCUT2D eigenvalue weighted by molar-refractivity contribution is 0.0519. The summed E-state index contributed by atoms with van der Waals surface area (Å²) in [5.41, 5.74) is -0.536. The van der Waals surface area contributed by atoms with Gasteiger partial charge in [0.2, 0.25) is 11.8 Å². The molecule has 5 nitrogen and oxygen atoms in total. The zero-order valence-corrected chi connectivity index (χ0v) is 13.2. The van der Waals surface area contributed by atoms with E-state index in [1.807, 2.05) is 22.6 Å². The van der Waals surface area contributed by atoms with Crippen molar-refractivity contribution in [3.05, 3.63) is 21.7 Å². The van der Waals surface area contributed by atoms with Gasteiger partial charge in [-0.15, -0.1) is 0 Å². The monoisotopic (exact) mass is 382 g/mol. The van der Waals surface area contributed by atoms with Crippen LogP contribution in [0.2, 0.25) is 0 Å². The Hall–Kier alpha value is -1.12. The summed E-state index contributed by atoms with van der Waals surface area (Å²) >= 11 is 1.84. The molecule has 0 fully saturated rings. The lowest BCUT2D eigenvalue weighted by atomic mass is 10.2. The third-order valence-corrected chi connectivity index (χ3v) is 2.60. The zero-order chi connectivity index (χ0) is 14.5. The second-order valence-electron chi connectivity index (χ2n) is 4.70. The van der Waals surface area contributed by atoms with Crippen molar-refractivity contribution in [1.82, 2.24) is 10.3 Å². The molecule has 0 aliphatic carbocycles. The van der Waals surface area contributed by atoms with E-state index in [0.29, 0.717) is 3.57 Å². The van der Waals surface area contributed by atoms with E-state index in [9.17, 15) is 9.18 Å². The predicted molar refractivity (Wildman–Crippen MR) is 76.6 cm³/mol. The second-order valence-corrected chi connectivity index (χ2v) is 5.86. The minimum absolute atomic E-state index is 0.184. The Morgan fingerprint density at radius 2 is 2.16 bits per heavy atom. The first-order valence-corrected chi connectivity index (χ1v) is 6.77. The van der Waals surface area contributed by atoms with E-state index in [-0.39, 0.29) is 19.0 Å². The van der Waals surface area contributed by atoms with Gasteiger partial charge in [-0.3, -0.25) is 0 Å². The molecule has 1 N–H and O–H groups in total. The average molecular weight is 382 g/mol. The maximum atomic E-state index is 13.1. The largest absolute Gasteiger partial charge is 0.476 e. The number of pyridine rings is 1. The summed E-state index contributed by atoms with van der Waals surface area (Å²) in [6.45, 7) is 5.78. The van der Waals surface area contributed by atoms with Gasteiger partial charge in [0.15, 0.2) is 0 Å². The number of halogens is 2. The molecule has 1 heterocycles. The molecule has 0 radical (unpaired) electrons. The van der Waals surface area contributed by atoms with Crippen molar-refractivity contribution in [2.24, 2.45) is 0 Å². The molecule has 0 aromatic carbocycles. The zero-order valence-electron chi connectivity index (χ0n) is 11.0. The molecule has 0 atom stereocenters. The highest BCUT2D eigenvalue weighted by Gasteiger charge is 2.15. The number of carbonyl (C=O) groups is 1. The third-order valence-electron chi connectivity index (χ3n) is 1.80. The van der Waals surface area contributed by atoms with Crippen molar-refractivity contribution in [3.63, 3.8) is 0 Å². The Labute approximate surface area is 125 Å². The van der Waals surface area contributed by atoms with Gasteiger partial charge in [0.1, 0.15) is 12.2 Å². The molecule has 1 aromatic heterocycles. The fraction of sp³-hybridized carbons (Fsp3) is 0.500. The van der Waals surface area contributed by atoms with Crippen LogP contribution in [-0.2, 0) is 4.74 Å². The molecule has 0 saturated carbocycles. The number of nitrogens with zero attached hydrogens (tertiary/aromatic N) is 1. The molecule has 1 aromatic rings. The Balaban J connectivity index is 2.27. The fourth-order valence-corrected chi connectivity index (χ4v) is 1.40. The topological polar surface area (TPSA) is 60.5 Å². The van der Waals surface area contributed by atoms with Gasteiger partial charge in [0.05, 0.1) is 10.1 Å². The van der Waals surface area contributed by atoms with Crippen LogP contribution >= 0.6 is 22.6 Å². The number of hydrogen-bond acceptors (Lipinski definition) is 4. The van der Waals surface area contributed by atoms with Crippen molar-refractivity contribution in [2.45, 2.75) is 26.4 Å². The van der Waals surface area contributed by atoms with Crippen molar-refractivity contribution in [3.8, 4) is 5.88 Å². The first-order chi connectivity index (χ1) is 8.78. The molecule has 0 aliphatic heterocycles. The summed E-state index contributed by atoms with van der Waals surface area (Å²) < 4.78 is 23.8. The maximum absolute atomic E-state index is 13.1. The molecule has 0 bridgehead atoms. The Bertz CT molecular complexity index is 449. The maximum Gasteiger partial charge on any atom is 0.407 e. The standard InChI is InChI=1S/C12H16FIN2O3/c1-12(2,3)19-11(17)15-6-7-18-9-5-4-8(14)10(13)16-9/h4-5H,6-7H2,1-3H3,(H,15,17). The molecule has 7 heteroatoms.